The molecule has 0 saturated carbocycles. The van der Waals surface area contributed by atoms with Crippen molar-refractivity contribution in [3.63, 3.8) is 0 Å². The van der Waals surface area contributed by atoms with Gasteiger partial charge in [0.15, 0.2) is 0 Å². The summed E-state index contributed by atoms with van der Waals surface area (Å²) in [5, 5.41) is 7.09. The minimum atomic E-state index is -3.64. The highest BCUT2D eigenvalue weighted by atomic mass is 35.5. The number of nitrogens with one attached hydrogen (secondary N) is 1. The summed E-state index contributed by atoms with van der Waals surface area (Å²) in [5.74, 6) is -1.61. The fourth-order valence-electron chi connectivity index (χ4n) is 5.12. The van der Waals surface area contributed by atoms with Crippen LogP contribution < -0.4 is 10.1 Å². The number of rotatable bonds is 12. The third-order valence-corrected chi connectivity index (χ3v) is 9.62. The summed E-state index contributed by atoms with van der Waals surface area (Å²) < 4.78 is 47.5. The Morgan fingerprint density at radius 1 is 1.11 bits per heavy atom. The molecule has 1 aliphatic rings. The predicted molar refractivity (Wildman–Crippen MR) is 164 cm³/mol. The van der Waals surface area contributed by atoms with E-state index in [0.29, 0.717) is 35.0 Å². The maximum Gasteiger partial charge on any atom is 0.243 e. The maximum absolute atomic E-state index is 15.1. The van der Waals surface area contributed by atoms with E-state index in [9.17, 15) is 18.7 Å². The SMILES string of the molecule is COc1ccc([C@H](c2ccc(Cl)cc2)[C@H](N=[N+]=[N-])C(=O)Nc2cccc(F)c2CCC2CN2S(=O)(=O)c2ccccc2)cn1. The van der Waals surface area contributed by atoms with Gasteiger partial charge in [0, 0.05) is 52.0 Å². The smallest absolute Gasteiger partial charge is 0.243 e. The number of azide groups is 1. The third-order valence-electron chi connectivity index (χ3n) is 7.44. The van der Waals surface area contributed by atoms with Crippen molar-refractivity contribution in [3.8, 4) is 5.88 Å². The minimum absolute atomic E-state index is 0.170. The van der Waals surface area contributed by atoms with Crippen molar-refractivity contribution in [2.45, 2.75) is 35.7 Å². The number of pyridine rings is 1. The molecule has 3 aromatic carbocycles. The first-order chi connectivity index (χ1) is 21.2. The number of aromatic nitrogens is 1. The minimum Gasteiger partial charge on any atom is -0.481 e. The number of nitrogens with zero attached hydrogens (tertiary/aromatic N) is 5. The Bertz CT molecular complexity index is 1790. The highest BCUT2D eigenvalue weighted by Gasteiger charge is 2.44. The Morgan fingerprint density at radius 2 is 1.84 bits per heavy atom. The van der Waals surface area contributed by atoms with Crippen LogP contribution in [-0.2, 0) is 21.2 Å². The number of methoxy groups -OCH3 is 1. The van der Waals surface area contributed by atoms with Crippen molar-refractivity contribution < 1.29 is 22.3 Å². The van der Waals surface area contributed by atoms with Crippen LogP contribution in [0.2, 0.25) is 5.02 Å². The summed E-state index contributed by atoms with van der Waals surface area (Å²) >= 11 is 6.10. The van der Waals surface area contributed by atoms with Gasteiger partial charge in [0.25, 0.3) is 0 Å². The van der Waals surface area contributed by atoms with Crippen LogP contribution in [0.25, 0.3) is 10.4 Å². The summed E-state index contributed by atoms with van der Waals surface area (Å²) in [6.45, 7) is 0.324. The molecule has 5 rings (SSSR count). The molecule has 4 aromatic rings. The Morgan fingerprint density at radius 3 is 2.50 bits per heavy atom. The Labute approximate surface area is 259 Å². The third kappa shape index (κ3) is 6.84. The molecule has 10 nitrogen and oxygen atoms in total. The van der Waals surface area contributed by atoms with Crippen molar-refractivity contribution in [1.82, 2.24) is 9.29 Å². The normalized spacial score (nSPS) is 17.2. The number of carbonyl (C=O) groups excluding carboxylic acids is 1. The van der Waals surface area contributed by atoms with Crippen LogP contribution in [0.1, 0.15) is 29.0 Å². The standard InChI is InChI=1S/C31H28ClFN6O4S/c1-43-28-17-12-21(18-35-28)29(20-10-13-22(32)14-11-20)30(37-38-34)31(40)36-27-9-5-8-26(33)25(27)16-15-23-19-39(23)44(41,42)24-6-3-2-4-7-24/h2-14,17-18,23,29-30H,15-16,19H2,1H3,(H,36,40)/t23?,29-,30-,39?/m0/s1. The predicted octanol–water partition coefficient (Wildman–Crippen LogP) is 6.34. The van der Waals surface area contributed by atoms with Gasteiger partial charge in [0.1, 0.15) is 11.9 Å². The van der Waals surface area contributed by atoms with E-state index in [2.05, 4.69) is 20.3 Å². The first-order valence-electron chi connectivity index (χ1n) is 13.7. The van der Waals surface area contributed by atoms with E-state index in [4.69, 9.17) is 16.3 Å². The highest BCUT2D eigenvalue weighted by molar-refractivity contribution is 7.89. The molecule has 2 unspecified atom stereocenters. The number of ether oxygens (including phenoxy) is 1. The number of carbonyl (C=O) groups is 1. The Kier molecular flexibility index (Phi) is 9.46. The van der Waals surface area contributed by atoms with Gasteiger partial charge in [-0.25, -0.2) is 17.8 Å². The summed E-state index contributed by atoms with van der Waals surface area (Å²) in [5.41, 5.74) is 11.1. The molecular formula is C31H28ClFN6O4S. The lowest BCUT2D eigenvalue weighted by Crippen LogP contribution is -2.33. The second-order valence-corrected chi connectivity index (χ2v) is 12.5. The van der Waals surface area contributed by atoms with Crippen molar-refractivity contribution in [1.29, 1.82) is 0 Å². The van der Waals surface area contributed by atoms with Crippen LogP contribution in [-0.4, -0.2) is 49.4 Å². The zero-order valence-electron chi connectivity index (χ0n) is 23.5. The lowest BCUT2D eigenvalue weighted by atomic mass is 9.85. The lowest BCUT2D eigenvalue weighted by Gasteiger charge is -2.24. The van der Waals surface area contributed by atoms with Crippen molar-refractivity contribution in [2.75, 3.05) is 19.0 Å². The van der Waals surface area contributed by atoms with Crippen LogP contribution in [0.4, 0.5) is 10.1 Å². The maximum atomic E-state index is 15.1. The summed E-state index contributed by atoms with van der Waals surface area (Å²) in [6.07, 6.45) is 2.05. The van der Waals surface area contributed by atoms with Gasteiger partial charge >= 0.3 is 0 Å². The number of anilines is 1. The van der Waals surface area contributed by atoms with Gasteiger partial charge in [-0.05, 0) is 65.9 Å². The molecule has 0 bridgehead atoms. The topological polar surface area (TPSA) is 137 Å². The molecule has 1 saturated heterocycles. The molecule has 226 valence electrons. The van der Waals surface area contributed by atoms with E-state index in [0.717, 1.165) is 0 Å². The molecule has 0 spiro atoms. The van der Waals surface area contributed by atoms with E-state index in [1.54, 1.807) is 60.7 Å². The van der Waals surface area contributed by atoms with Crippen molar-refractivity contribution >= 4 is 33.2 Å². The largest absolute Gasteiger partial charge is 0.481 e. The number of halogens is 2. The zero-order chi connectivity index (χ0) is 31.3. The van der Waals surface area contributed by atoms with Crippen molar-refractivity contribution in [2.24, 2.45) is 5.11 Å². The van der Waals surface area contributed by atoms with E-state index >= 15 is 4.39 Å². The van der Waals surface area contributed by atoms with Gasteiger partial charge in [-0.2, -0.15) is 4.31 Å². The fourth-order valence-corrected chi connectivity index (χ4v) is 6.88. The molecule has 13 heteroatoms. The van der Waals surface area contributed by atoms with Gasteiger partial charge in [-0.1, -0.05) is 59.2 Å². The lowest BCUT2D eigenvalue weighted by molar-refractivity contribution is -0.117. The quantitative estimate of drug-likeness (QED) is 0.0839. The average Bonchev–Trinajstić information content (AvgIpc) is 3.83. The molecule has 1 aliphatic heterocycles. The average molecular weight is 635 g/mol. The van der Waals surface area contributed by atoms with Crippen LogP contribution in [0.15, 0.2) is 101 Å². The molecule has 1 N–H and O–H groups in total. The zero-order valence-corrected chi connectivity index (χ0v) is 25.1. The Balaban J connectivity index is 1.38. The Hall–Kier alpha value is -4.48. The van der Waals surface area contributed by atoms with Crippen LogP contribution in [0, 0.1) is 5.82 Å². The van der Waals surface area contributed by atoms with Crippen LogP contribution in [0.5, 0.6) is 5.88 Å². The number of hydrogen-bond donors (Lipinski definition) is 1. The van der Waals surface area contributed by atoms with Gasteiger partial charge < -0.3 is 10.1 Å². The molecular weight excluding hydrogens is 607 g/mol. The number of benzene rings is 3. The van der Waals surface area contributed by atoms with Gasteiger partial charge in [0.2, 0.25) is 21.8 Å². The molecule has 2 heterocycles. The first-order valence-corrected chi connectivity index (χ1v) is 15.5. The van der Waals surface area contributed by atoms with Crippen LogP contribution >= 0.6 is 11.6 Å². The number of amides is 1. The summed E-state index contributed by atoms with van der Waals surface area (Å²) in [4.78, 5) is 21.2. The van der Waals surface area contributed by atoms with Gasteiger partial charge in [-0.3, -0.25) is 4.79 Å². The summed E-state index contributed by atoms with van der Waals surface area (Å²) in [6, 6.07) is 21.0. The van der Waals surface area contributed by atoms with Gasteiger partial charge in [-0.15, -0.1) is 0 Å². The molecule has 0 radical (unpaired) electrons. The molecule has 1 fully saturated rings. The van der Waals surface area contributed by atoms with Gasteiger partial charge in [0.05, 0.1) is 12.0 Å². The second kappa shape index (κ2) is 13.4. The van der Waals surface area contributed by atoms with E-state index in [-0.39, 0.29) is 28.6 Å². The highest BCUT2D eigenvalue weighted by Crippen LogP contribution is 2.35. The van der Waals surface area contributed by atoms with Crippen LogP contribution in [0.3, 0.4) is 0 Å². The number of sulfonamides is 1. The van der Waals surface area contributed by atoms with E-state index in [1.165, 1.54) is 41.9 Å². The van der Waals surface area contributed by atoms with E-state index in [1.807, 2.05) is 0 Å². The summed E-state index contributed by atoms with van der Waals surface area (Å²) in [7, 11) is -2.16. The first kappa shape index (κ1) is 31.0. The monoisotopic (exact) mass is 634 g/mol. The fraction of sp³-hybridized carbons (Fsp3) is 0.226. The number of hydrogen-bond acceptors (Lipinski definition) is 6. The molecule has 4 atom stereocenters. The molecule has 1 amide bonds. The molecule has 0 aliphatic carbocycles. The molecule has 1 aromatic heterocycles. The van der Waals surface area contributed by atoms with Crippen molar-refractivity contribution in [3.05, 3.63) is 129 Å². The van der Waals surface area contributed by atoms with E-state index < -0.39 is 33.7 Å². The second-order valence-electron chi connectivity index (χ2n) is 10.1. The molecule has 44 heavy (non-hydrogen) atoms.